The fourth-order valence-corrected chi connectivity index (χ4v) is 4.01. The first-order valence-electron chi connectivity index (χ1n) is 9.51. The van der Waals surface area contributed by atoms with Gasteiger partial charge in [-0.15, -0.1) is 0 Å². The number of carbonyl (C=O) groups is 2. The van der Waals surface area contributed by atoms with Crippen molar-refractivity contribution >= 4 is 34.9 Å². The molecule has 3 heterocycles. The fourth-order valence-electron chi connectivity index (χ4n) is 3.61. The highest BCUT2D eigenvalue weighted by Crippen LogP contribution is 2.28. The molecule has 29 heavy (non-hydrogen) atoms. The van der Waals surface area contributed by atoms with Crippen LogP contribution in [-0.4, -0.2) is 47.9 Å². The Labute approximate surface area is 178 Å². The van der Waals surface area contributed by atoms with E-state index in [1.807, 2.05) is 4.90 Å². The SMILES string of the molecule is O=C1COc2ccc(C(=O)N3CCC(COc4ccc(Cl)nc4Cl)CC3)cc2C1. The van der Waals surface area contributed by atoms with Crippen LogP contribution in [0.2, 0.25) is 10.3 Å². The predicted molar refractivity (Wildman–Crippen MR) is 109 cm³/mol. The van der Waals surface area contributed by atoms with Crippen LogP contribution in [0.15, 0.2) is 30.3 Å². The number of ketones is 1. The van der Waals surface area contributed by atoms with Gasteiger partial charge in [0.05, 0.1) is 6.61 Å². The monoisotopic (exact) mass is 434 g/mol. The molecule has 1 aromatic carbocycles. The lowest BCUT2D eigenvalue weighted by Crippen LogP contribution is -2.39. The second-order valence-electron chi connectivity index (χ2n) is 7.30. The zero-order valence-corrected chi connectivity index (χ0v) is 17.2. The Bertz CT molecular complexity index is 942. The maximum Gasteiger partial charge on any atom is 0.253 e. The number of halogens is 2. The minimum Gasteiger partial charge on any atom is -0.490 e. The number of likely N-dealkylation sites (tertiary alicyclic amines) is 1. The van der Waals surface area contributed by atoms with E-state index in [1.54, 1.807) is 30.3 Å². The van der Waals surface area contributed by atoms with Crippen molar-refractivity contribution in [1.29, 1.82) is 0 Å². The van der Waals surface area contributed by atoms with E-state index in [0.717, 1.165) is 18.4 Å². The molecule has 0 aliphatic carbocycles. The van der Waals surface area contributed by atoms with Crippen LogP contribution in [0.3, 0.4) is 0 Å². The predicted octanol–water partition coefficient (Wildman–Crippen LogP) is 3.82. The Morgan fingerprint density at radius 1 is 1.21 bits per heavy atom. The number of benzene rings is 1. The molecule has 1 amide bonds. The topological polar surface area (TPSA) is 68.7 Å². The summed E-state index contributed by atoms with van der Waals surface area (Å²) in [6.45, 7) is 1.94. The lowest BCUT2D eigenvalue weighted by molar-refractivity contribution is -0.121. The molecule has 8 heteroatoms. The highest BCUT2D eigenvalue weighted by molar-refractivity contribution is 6.33. The van der Waals surface area contributed by atoms with Gasteiger partial charge in [-0.25, -0.2) is 4.98 Å². The Morgan fingerprint density at radius 2 is 2.00 bits per heavy atom. The molecule has 2 aliphatic rings. The lowest BCUT2D eigenvalue weighted by Gasteiger charge is -2.32. The summed E-state index contributed by atoms with van der Waals surface area (Å²) in [5.41, 5.74) is 1.37. The van der Waals surface area contributed by atoms with E-state index in [1.165, 1.54) is 0 Å². The summed E-state index contributed by atoms with van der Waals surface area (Å²) in [6.07, 6.45) is 2.01. The molecular formula is C21H20Cl2N2O4. The van der Waals surface area contributed by atoms with Gasteiger partial charge in [0, 0.05) is 30.6 Å². The molecule has 1 fully saturated rings. The Hall–Kier alpha value is -2.31. The molecule has 0 N–H and O–H groups in total. The van der Waals surface area contributed by atoms with E-state index in [-0.39, 0.29) is 23.5 Å². The van der Waals surface area contributed by atoms with Gasteiger partial charge in [-0.3, -0.25) is 9.59 Å². The number of Topliss-reactive ketones (excluding diaryl/α,β-unsaturated/α-hetero) is 1. The number of nitrogens with zero attached hydrogens (tertiary/aromatic N) is 2. The lowest BCUT2D eigenvalue weighted by atomic mass is 9.96. The quantitative estimate of drug-likeness (QED) is 0.683. The maximum absolute atomic E-state index is 12.9. The van der Waals surface area contributed by atoms with Crippen LogP contribution in [0.5, 0.6) is 11.5 Å². The average molecular weight is 435 g/mol. The van der Waals surface area contributed by atoms with Crippen molar-refractivity contribution in [3.8, 4) is 11.5 Å². The molecule has 2 aromatic rings. The molecule has 0 spiro atoms. The van der Waals surface area contributed by atoms with Crippen molar-refractivity contribution < 1.29 is 19.1 Å². The van der Waals surface area contributed by atoms with Gasteiger partial charge < -0.3 is 14.4 Å². The van der Waals surface area contributed by atoms with Gasteiger partial charge in [-0.1, -0.05) is 23.2 Å². The van der Waals surface area contributed by atoms with E-state index in [4.69, 9.17) is 32.7 Å². The molecular weight excluding hydrogens is 415 g/mol. The number of hydrogen-bond acceptors (Lipinski definition) is 5. The van der Waals surface area contributed by atoms with Crippen molar-refractivity contribution in [2.45, 2.75) is 19.3 Å². The summed E-state index contributed by atoms with van der Waals surface area (Å²) in [5, 5.41) is 0.576. The molecule has 1 saturated heterocycles. The summed E-state index contributed by atoms with van der Waals surface area (Å²) in [6, 6.07) is 8.67. The van der Waals surface area contributed by atoms with Crippen molar-refractivity contribution in [3.05, 3.63) is 51.8 Å². The first-order chi connectivity index (χ1) is 14.0. The fraction of sp³-hybridized carbons (Fsp3) is 0.381. The first kappa shape index (κ1) is 20.0. The molecule has 2 aliphatic heterocycles. The van der Waals surface area contributed by atoms with Gasteiger partial charge in [-0.2, -0.15) is 0 Å². The largest absolute Gasteiger partial charge is 0.490 e. The number of piperidine rings is 1. The average Bonchev–Trinajstić information content (AvgIpc) is 2.72. The minimum atomic E-state index is -0.0184. The smallest absolute Gasteiger partial charge is 0.253 e. The second-order valence-corrected chi connectivity index (χ2v) is 8.04. The van der Waals surface area contributed by atoms with Crippen LogP contribution in [-0.2, 0) is 11.2 Å². The van der Waals surface area contributed by atoms with Gasteiger partial charge in [-0.05, 0) is 49.1 Å². The van der Waals surface area contributed by atoms with E-state index >= 15 is 0 Å². The third kappa shape index (κ3) is 4.65. The number of pyridine rings is 1. The van der Waals surface area contributed by atoms with Gasteiger partial charge in [0.25, 0.3) is 5.91 Å². The van der Waals surface area contributed by atoms with Crippen molar-refractivity contribution in [1.82, 2.24) is 9.88 Å². The molecule has 4 rings (SSSR count). The zero-order chi connectivity index (χ0) is 20.4. The van der Waals surface area contributed by atoms with E-state index in [9.17, 15) is 9.59 Å². The second kappa shape index (κ2) is 8.59. The van der Waals surface area contributed by atoms with Crippen LogP contribution >= 0.6 is 23.2 Å². The highest BCUT2D eigenvalue weighted by Gasteiger charge is 2.26. The number of fused-ring (bicyclic) bond motifs is 1. The molecule has 0 bridgehead atoms. The molecule has 0 saturated carbocycles. The van der Waals surface area contributed by atoms with Gasteiger partial charge in [0.1, 0.15) is 17.5 Å². The summed E-state index contributed by atoms with van der Waals surface area (Å²) in [5.74, 6) is 1.54. The van der Waals surface area contributed by atoms with Gasteiger partial charge in [0.2, 0.25) is 0 Å². The van der Waals surface area contributed by atoms with Crippen LogP contribution in [0, 0.1) is 5.92 Å². The van der Waals surface area contributed by atoms with Gasteiger partial charge >= 0.3 is 0 Å². The zero-order valence-electron chi connectivity index (χ0n) is 15.7. The molecule has 6 nitrogen and oxygen atoms in total. The van der Waals surface area contributed by atoms with Crippen LogP contribution in [0.1, 0.15) is 28.8 Å². The number of amides is 1. The Morgan fingerprint density at radius 3 is 2.76 bits per heavy atom. The maximum atomic E-state index is 12.9. The Kier molecular flexibility index (Phi) is 5.92. The van der Waals surface area contributed by atoms with Gasteiger partial charge in [0.15, 0.2) is 16.7 Å². The van der Waals surface area contributed by atoms with Crippen molar-refractivity contribution in [2.24, 2.45) is 5.92 Å². The number of aromatic nitrogens is 1. The third-order valence-electron chi connectivity index (χ3n) is 5.24. The number of hydrogen-bond donors (Lipinski definition) is 0. The van der Waals surface area contributed by atoms with Crippen LogP contribution < -0.4 is 9.47 Å². The summed E-state index contributed by atoms with van der Waals surface area (Å²) in [7, 11) is 0. The van der Waals surface area contributed by atoms with E-state index < -0.39 is 0 Å². The molecule has 152 valence electrons. The Balaban J connectivity index is 1.32. The first-order valence-corrected chi connectivity index (χ1v) is 10.3. The molecule has 0 atom stereocenters. The summed E-state index contributed by atoms with van der Waals surface area (Å²) >= 11 is 11.8. The van der Waals surface area contributed by atoms with Crippen molar-refractivity contribution in [3.63, 3.8) is 0 Å². The van der Waals surface area contributed by atoms with Crippen LogP contribution in [0.4, 0.5) is 0 Å². The highest BCUT2D eigenvalue weighted by atomic mass is 35.5. The van der Waals surface area contributed by atoms with E-state index in [0.29, 0.717) is 54.3 Å². The number of carbonyl (C=O) groups excluding carboxylic acids is 2. The minimum absolute atomic E-state index is 0.0184. The van der Waals surface area contributed by atoms with E-state index in [2.05, 4.69) is 4.98 Å². The van der Waals surface area contributed by atoms with Crippen LogP contribution in [0.25, 0.3) is 0 Å². The third-order valence-corrected chi connectivity index (χ3v) is 5.72. The molecule has 0 unspecified atom stereocenters. The summed E-state index contributed by atoms with van der Waals surface area (Å²) < 4.78 is 11.2. The number of rotatable bonds is 4. The van der Waals surface area contributed by atoms with Crippen molar-refractivity contribution in [2.75, 3.05) is 26.3 Å². The standard InChI is InChI=1S/C21H20Cl2N2O4/c22-19-4-3-18(20(23)24-19)28-11-13-5-7-25(8-6-13)21(27)14-1-2-17-15(9-14)10-16(26)12-29-17/h1-4,9,13H,5-8,10-12H2. The number of ether oxygens (including phenoxy) is 2. The molecule has 0 radical (unpaired) electrons. The molecule has 1 aromatic heterocycles. The normalized spacial score (nSPS) is 16.9. The summed E-state index contributed by atoms with van der Waals surface area (Å²) in [4.78, 5) is 30.3.